The number of primary amides is 1. The quantitative estimate of drug-likeness (QED) is 0.0547. The number of rotatable bonds is 27. The smallest absolute Gasteiger partial charge is 0.324 e. The van der Waals surface area contributed by atoms with E-state index in [1.807, 2.05) is 0 Å². The summed E-state index contributed by atoms with van der Waals surface area (Å²) in [6.45, 7) is 3.63. The standard InChI is InChI=1S/C43H71N5O15S/c1-27(4-9-35(50)45-17-21-64(61,62)63)31-7-8-32-30-6-5-28-22-29(10-13-41(28,2)33(30)11-14-42(31,32)3)48(20-19-47(25-38(55)56)26-39(57)58)43(40(59)60,15-12-34(44)49)16-18-46(23-36(51)52)24-37(53)54/h27-33H,4-26H2,1-3H3,(H2,44,49)(H,45,50)(H,51,52)(H,53,54)(H,55,56)(H,57,58)(H,59,60)(H,61,62,63)/t27-,28-,29+,30?,31-,32?,33?,41+,42-,43-/m1/s1. The summed E-state index contributed by atoms with van der Waals surface area (Å²) >= 11 is 0. The molecule has 0 saturated heterocycles. The van der Waals surface area contributed by atoms with Crippen molar-refractivity contribution in [3.05, 3.63) is 0 Å². The summed E-state index contributed by atoms with van der Waals surface area (Å²) in [5.74, 6) is -5.90. The zero-order valence-corrected chi connectivity index (χ0v) is 38.3. The number of carboxylic acid groups (broad SMARTS) is 5. The van der Waals surface area contributed by atoms with Crippen LogP contribution in [0, 0.1) is 46.3 Å². The first-order valence-corrected chi connectivity index (χ1v) is 24.2. The van der Waals surface area contributed by atoms with Crippen molar-refractivity contribution in [2.45, 2.75) is 122 Å². The first kappa shape index (κ1) is 52.7. The highest BCUT2D eigenvalue weighted by molar-refractivity contribution is 7.85. The number of nitrogens with zero attached hydrogens (tertiary/aromatic N) is 3. The first-order valence-electron chi connectivity index (χ1n) is 22.6. The van der Waals surface area contributed by atoms with E-state index in [4.69, 9.17) is 10.3 Å². The van der Waals surface area contributed by atoms with Crippen molar-refractivity contribution >= 4 is 51.8 Å². The predicted octanol–water partition coefficient (Wildman–Crippen LogP) is 2.16. The molecule has 4 fully saturated rings. The van der Waals surface area contributed by atoms with Gasteiger partial charge in [-0.3, -0.25) is 52.8 Å². The lowest BCUT2D eigenvalue weighted by molar-refractivity contribution is -0.163. The van der Waals surface area contributed by atoms with E-state index >= 15 is 0 Å². The molecule has 2 amide bonds. The van der Waals surface area contributed by atoms with Gasteiger partial charge in [0.15, 0.2) is 0 Å². The molecular weight excluding hydrogens is 859 g/mol. The summed E-state index contributed by atoms with van der Waals surface area (Å²) in [6, 6.07) is -0.418. The third-order valence-electron chi connectivity index (χ3n) is 16.0. The van der Waals surface area contributed by atoms with Crippen LogP contribution in [0.2, 0.25) is 0 Å². The van der Waals surface area contributed by atoms with Crippen LogP contribution in [-0.2, 0) is 43.7 Å². The third-order valence-corrected chi connectivity index (χ3v) is 16.7. The molecule has 4 rings (SSSR count). The second kappa shape index (κ2) is 22.0. The Morgan fingerprint density at radius 2 is 1.30 bits per heavy atom. The summed E-state index contributed by atoms with van der Waals surface area (Å²) < 4.78 is 31.1. The van der Waals surface area contributed by atoms with Crippen molar-refractivity contribution in [2.24, 2.45) is 52.1 Å². The van der Waals surface area contributed by atoms with E-state index in [-0.39, 0.29) is 80.4 Å². The summed E-state index contributed by atoms with van der Waals surface area (Å²) in [5.41, 5.74) is 3.70. The van der Waals surface area contributed by atoms with E-state index in [0.717, 1.165) is 49.8 Å². The topological polar surface area (TPSA) is 323 Å². The van der Waals surface area contributed by atoms with Gasteiger partial charge < -0.3 is 36.6 Å². The molecule has 0 radical (unpaired) electrons. The lowest BCUT2D eigenvalue weighted by Gasteiger charge is -2.62. The van der Waals surface area contributed by atoms with E-state index < -0.39 is 89.4 Å². The normalized spacial score (nSPS) is 29.2. The van der Waals surface area contributed by atoms with Crippen LogP contribution in [0.3, 0.4) is 0 Å². The van der Waals surface area contributed by atoms with Crippen LogP contribution in [0.4, 0.5) is 0 Å². The minimum absolute atomic E-state index is 0.0771. The average molecular weight is 930 g/mol. The number of carbonyl (C=O) groups is 7. The Morgan fingerprint density at radius 1 is 0.734 bits per heavy atom. The number of hydrogen-bond acceptors (Lipinski definition) is 12. The summed E-state index contributed by atoms with van der Waals surface area (Å²) in [6.07, 6.45) is 7.85. The number of fused-ring (bicyclic) bond motifs is 5. The molecule has 0 aromatic heterocycles. The van der Waals surface area contributed by atoms with Gasteiger partial charge in [-0.25, -0.2) is 0 Å². The Balaban J connectivity index is 1.60. The SMILES string of the molecule is C[C@H](CCC(=O)NCCS(=O)(=O)O)[C@H]1CCC2C3CC[C@@H]4C[C@@H](N(CCN(CC(=O)O)CC(=O)O)[C@](CCC(N)=O)(CCN(CC(=O)O)CC(=O)O)C(=O)O)CC[C@]4(C)C3CC[C@@]21C. The lowest BCUT2D eigenvalue weighted by Crippen LogP contribution is -2.64. The maximum Gasteiger partial charge on any atom is 0.324 e. The monoisotopic (exact) mass is 929 g/mol. The fourth-order valence-electron chi connectivity index (χ4n) is 13.1. The molecule has 0 heterocycles. The van der Waals surface area contributed by atoms with Crippen LogP contribution in [0.5, 0.6) is 0 Å². The number of hydrogen-bond donors (Lipinski definition) is 8. The van der Waals surface area contributed by atoms with Crippen molar-refractivity contribution in [1.29, 1.82) is 0 Å². The van der Waals surface area contributed by atoms with Gasteiger partial charge in [0.1, 0.15) is 5.54 Å². The van der Waals surface area contributed by atoms with Gasteiger partial charge in [-0.15, -0.1) is 0 Å². The Kier molecular flexibility index (Phi) is 18.2. The fraction of sp³-hybridized carbons (Fsp3) is 0.837. The van der Waals surface area contributed by atoms with E-state index in [2.05, 4.69) is 26.1 Å². The molecule has 0 spiro atoms. The Hall–Kier alpha value is -3.92. The van der Waals surface area contributed by atoms with Gasteiger partial charge in [0, 0.05) is 45.1 Å². The Labute approximate surface area is 375 Å². The van der Waals surface area contributed by atoms with Gasteiger partial charge in [0.05, 0.1) is 31.9 Å². The molecule has 4 aliphatic rings. The predicted molar refractivity (Wildman–Crippen MR) is 230 cm³/mol. The van der Waals surface area contributed by atoms with Crippen LogP contribution in [0.25, 0.3) is 0 Å². The molecule has 20 nitrogen and oxygen atoms in total. The van der Waals surface area contributed by atoms with E-state index in [0.29, 0.717) is 42.9 Å². The number of amides is 2. The third kappa shape index (κ3) is 13.3. The van der Waals surface area contributed by atoms with Gasteiger partial charge >= 0.3 is 29.8 Å². The van der Waals surface area contributed by atoms with Crippen molar-refractivity contribution < 1.29 is 72.1 Å². The highest BCUT2D eigenvalue weighted by atomic mass is 32.2. The first-order chi connectivity index (χ1) is 29.8. The second-order valence-corrected chi connectivity index (χ2v) is 21.3. The van der Waals surface area contributed by atoms with E-state index in [1.165, 1.54) is 4.90 Å². The zero-order valence-electron chi connectivity index (χ0n) is 37.5. The van der Waals surface area contributed by atoms with Crippen molar-refractivity contribution in [1.82, 2.24) is 20.0 Å². The van der Waals surface area contributed by atoms with Crippen LogP contribution in [0.1, 0.15) is 111 Å². The molecule has 0 aliphatic heterocycles. The largest absolute Gasteiger partial charge is 0.480 e. The van der Waals surface area contributed by atoms with Crippen molar-refractivity contribution in [3.63, 3.8) is 0 Å². The van der Waals surface area contributed by atoms with E-state index in [1.54, 1.807) is 4.90 Å². The maximum atomic E-state index is 13.8. The molecule has 4 saturated carbocycles. The molecule has 364 valence electrons. The highest BCUT2D eigenvalue weighted by Gasteiger charge is 2.61. The average Bonchev–Trinajstić information content (AvgIpc) is 3.53. The fourth-order valence-corrected chi connectivity index (χ4v) is 13.4. The molecule has 9 N–H and O–H groups in total. The number of carbonyl (C=O) groups excluding carboxylic acids is 2. The van der Waals surface area contributed by atoms with Crippen LogP contribution in [-0.4, -0.2) is 165 Å². The molecule has 10 atom stereocenters. The zero-order chi connectivity index (χ0) is 47.8. The van der Waals surface area contributed by atoms with Crippen LogP contribution < -0.4 is 11.1 Å². The summed E-state index contributed by atoms with van der Waals surface area (Å²) in [4.78, 5) is 89.7. The minimum Gasteiger partial charge on any atom is -0.480 e. The van der Waals surface area contributed by atoms with Crippen molar-refractivity contribution in [3.8, 4) is 0 Å². The number of nitrogens with two attached hydrogens (primary N) is 1. The van der Waals surface area contributed by atoms with Gasteiger partial charge in [-0.2, -0.15) is 8.42 Å². The maximum absolute atomic E-state index is 13.8. The summed E-state index contributed by atoms with van der Waals surface area (Å²) in [7, 11) is -4.17. The molecule has 0 aromatic rings. The van der Waals surface area contributed by atoms with Gasteiger partial charge in [-0.1, -0.05) is 20.8 Å². The van der Waals surface area contributed by atoms with Crippen LogP contribution >= 0.6 is 0 Å². The summed E-state index contributed by atoms with van der Waals surface area (Å²) in [5, 5.41) is 52.1. The van der Waals surface area contributed by atoms with Gasteiger partial charge in [-0.05, 0) is 123 Å². The number of carboxylic acids is 5. The van der Waals surface area contributed by atoms with E-state index in [9.17, 15) is 67.5 Å². The molecule has 64 heavy (non-hydrogen) atoms. The molecule has 0 aromatic carbocycles. The number of nitrogens with one attached hydrogen (secondary N) is 1. The molecule has 0 bridgehead atoms. The van der Waals surface area contributed by atoms with Crippen molar-refractivity contribution in [2.75, 3.05) is 58.1 Å². The number of aliphatic carboxylic acids is 5. The molecular formula is C43H71N5O15S. The Morgan fingerprint density at radius 3 is 1.84 bits per heavy atom. The highest BCUT2D eigenvalue weighted by Crippen LogP contribution is 2.68. The van der Waals surface area contributed by atoms with Gasteiger partial charge in [0.2, 0.25) is 11.8 Å². The molecule has 3 unspecified atom stereocenters. The second-order valence-electron chi connectivity index (χ2n) is 19.7. The molecule has 21 heteroatoms. The minimum atomic E-state index is -4.17. The molecule has 4 aliphatic carbocycles. The van der Waals surface area contributed by atoms with Crippen LogP contribution in [0.15, 0.2) is 0 Å². The van der Waals surface area contributed by atoms with Gasteiger partial charge in [0.25, 0.3) is 10.1 Å². The Bertz CT molecular complexity index is 1800. The lowest BCUT2D eigenvalue weighted by atomic mass is 9.44.